The van der Waals surface area contributed by atoms with E-state index in [0.717, 1.165) is 23.5 Å². The normalized spacial score (nSPS) is 12.9. The average molecular weight is 251 g/mol. The highest BCUT2D eigenvalue weighted by molar-refractivity contribution is 7.07. The summed E-state index contributed by atoms with van der Waals surface area (Å²) in [5.74, 6) is 0. The third kappa shape index (κ3) is 3.15. The van der Waals surface area contributed by atoms with Crippen LogP contribution in [-0.2, 0) is 13.6 Å². The van der Waals surface area contributed by atoms with E-state index in [0.29, 0.717) is 6.54 Å². The van der Waals surface area contributed by atoms with Crippen LogP contribution in [0.1, 0.15) is 23.1 Å². The van der Waals surface area contributed by atoms with E-state index in [1.165, 1.54) is 0 Å². The lowest BCUT2D eigenvalue weighted by molar-refractivity contribution is 0.174. The Kier molecular flexibility index (Phi) is 3.93. The molecule has 1 atom stereocenters. The second-order valence-corrected chi connectivity index (χ2v) is 4.88. The Morgan fingerprint density at radius 3 is 3.00 bits per heavy atom. The van der Waals surface area contributed by atoms with Crippen molar-refractivity contribution in [3.63, 3.8) is 0 Å². The molecule has 2 N–H and O–H groups in total. The van der Waals surface area contributed by atoms with Crippen molar-refractivity contribution in [2.75, 3.05) is 6.54 Å². The number of aromatic nitrogens is 2. The maximum atomic E-state index is 9.88. The highest BCUT2D eigenvalue weighted by atomic mass is 32.1. The molecule has 0 aliphatic rings. The van der Waals surface area contributed by atoms with Crippen molar-refractivity contribution < 1.29 is 5.11 Å². The van der Waals surface area contributed by atoms with Gasteiger partial charge in [-0.05, 0) is 35.4 Å². The number of aliphatic hydroxyl groups excluding tert-OH is 1. The minimum absolute atomic E-state index is 0.435. The number of nitrogens with one attached hydrogen (secondary N) is 1. The van der Waals surface area contributed by atoms with Crippen molar-refractivity contribution in [1.29, 1.82) is 0 Å². The second kappa shape index (κ2) is 5.44. The van der Waals surface area contributed by atoms with Gasteiger partial charge in [0.25, 0.3) is 0 Å². The predicted molar refractivity (Wildman–Crippen MR) is 68.9 cm³/mol. The van der Waals surface area contributed by atoms with Crippen LogP contribution in [0, 0.1) is 6.92 Å². The van der Waals surface area contributed by atoms with E-state index in [1.54, 1.807) is 11.3 Å². The average Bonchev–Trinajstić information content (AvgIpc) is 2.89. The van der Waals surface area contributed by atoms with E-state index < -0.39 is 6.10 Å². The van der Waals surface area contributed by atoms with Gasteiger partial charge in [0.2, 0.25) is 0 Å². The Morgan fingerprint density at radius 1 is 1.59 bits per heavy atom. The first-order valence-electron chi connectivity index (χ1n) is 5.57. The molecule has 0 fully saturated rings. The smallest absolute Gasteiger partial charge is 0.0922 e. The summed E-state index contributed by atoms with van der Waals surface area (Å²) in [7, 11) is 1.93. The Bertz CT molecular complexity index is 464. The summed E-state index contributed by atoms with van der Waals surface area (Å²) in [6.45, 7) is 3.25. The van der Waals surface area contributed by atoms with Gasteiger partial charge >= 0.3 is 0 Å². The largest absolute Gasteiger partial charge is 0.387 e. The lowest BCUT2D eigenvalue weighted by atomic mass is 10.2. The summed E-state index contributed by atoms with van der Waals surface area (Å²) in [5.41, 5.74) is 3.12. The lowest BCUT2D eigenvalue weighted by Gasteiger charge is -2.10. The van der Waals surface area contributed by atoms with Crippen LogP contribution in [0.5, 0.6) is 0 Å². The molecule has 1 unspecified atom stereocenters. The summed E-state index contributed by atoms with van der Waals surface area (Å²) >= 11 is 1.60. The molecule has 0 aromatic carbocycles. The molecule has 0 aliphatic carbocycles. The Morgan fingerprint density at radius 2 is 2.41 bits per heavy atom. The van der Waals surface area contributed by atoms with Gasteiger partial charge in [0.15, 0.2) is 0 Å². The molecular formula is C12H17N3OS. The first-order valence-corrected chi connectivity index (χ1v) is 6.51. The van der Waals surface area contributed by atoms with Crippen LogP contribution >= 0.6 is 11.3 Å². The van der Waals surface area contributed by atoms with Gasteiger partial charge in [0, 0.05) is 20.1 Å². The van der Waals surface area contributed by atoms with Gasteiger partial charge in [0.05, 0.1) is 17.5 Å². The quantitative estimate of drug-likeness (QED) is 0.849. The van der Waals surface area contributed by atoms with Gasteiger partial charge in [-0.25, -0.2) is 0 Å². The molecule has 2 aromatic rings. The molecule has 2 rings (SSSR count). The Hall–Kier alpha value is -1.17. The maximum Gasteiger partial charge on any atom is 0.0922 e. The monoisotopic (exact) mass is 251 g/mol. The van der Waals surface area contributed by atoms with Crippen LogP contribution in [-0.4, -0.2) is 21.4 Å². The van der Waals surface area contributed by atoms with Crippen LogP contribution in [0.15, 0.2) is 22.9 Å². The molecule has 0 bridgehead atoms. The fourth-order valence-electron chi connectivity index (χ4n) is 1.75. The summed E-state index contributed by atoms with van der Waals surface area (Å²) in [6, 6.07) is 4.00. The zero-order valence-electron chi connectivity index (χ0n) is 10.1. The summed E-state index contributed by atoms with van der Waals surface area (Å²) < 4.78 is 1.86. The molecular weight excluding hydrogens is 234 g/mol. The van der Waals surface area contributed by atoms with Gasteiger partial charge in [-0.3, -0.25) is 4.68 Å². The molecule has 0 radical (unpaired) electrons. The third-order valence-electron chi connectivity index (χ3n) is 2.67. The van der Waals surface area contributed by atoms with Gasteiger partial charge < -0.3 is 10.4 Å². The van der Waals surface area contributed by atoms with Crippen LogP contribution in [0.3, 0.4) is 0 Å². The van der Waals surface area contributed by atoms with E-state index in [9.17, 15) is 5.11 Å². The third-order valence-corrected chi connectivity index (χ3v) is 3.37. The van der Waals surface area contributed by atoms with Gasteiger partial charge in [-0.2, -0.15) is 16.4 Å². The highest BCUT2D eigenvalue weighted by Crippen LogP contribution is 2.15. The van der Waals surface area contributed by atoms with E-state index in [1.807, 2.05) is 41.5 Å². The molecule has 2 aromatic heterocycles. The lowest BCUT2D eigenvalue weighted by Crippen LogP contribution is -2.22. The topological polar surface area (TPSA) is 50.1 Å². The number of rotatable bonds is 5. The van der Waals surface area contributed by atoms with E-state index in [4.69, 9.17) is 0 Å². The first-order chi connectivity index (χ1) is 8.16. The molecule has 92 valence electrons. The van der Waals surface area contributed by atoms with E-state index >= 15 is 0 Å². The molecule has 17 heavy (non-hydrogen) atoms. The molecule has 0 saturated heterocycles. The zero-order valence-corrected chi connectivity index (χ0v) is 10.9. The van der Waals surface area contributed by atoms with Crippen LogP contribution in [0.4, 0.5) is 0 Å². The minimum Gasteiger partial charge on any atom is -0.387 e. The molecule has 5 heteroatoms. The number of aryl methyl sites for hydroxylation is 2. The van der Waals surface area contributed by atoms with Crippen molar-refractivity contribution >= 4 is 11.3 Å². The summed E-state index contributed by atoms with van der Waals surface area (Å²) in [4.78, 5) is 0. The molecule has 0 spiro atoms. The molecule has 0 amide bonds. The Balaban J connectivity index is 1.82. The Labute approximate surface area is 105 Å². The maximum absolute atomic E-state index is 9.88. The van der Waals surface area contributed by atoms with E-state index in [2.05, 4.69) is 10.4 Å². The van der Waals surface area contributed by atoms with Gasteiger partial charge in [-0.1, -0.05) is 0 Å². The van der Waals surface area contributed by atoms with E-state index in [-0.39, 0.29) is 0 Å². The summed E-state index contributed by atoms with van der Waals surface area (Å²) in [5, 5.41) is 21.3. The zero-order chi connectivity index (χ0) is 12.3. The SMILES string of the molecule is Cc1cc(CNCC(O)c2ccsc2)n(C)n1. The van der Waals surface area contributed by atoms with Gasteiger partial charge in [0.1, 0.15) is 0 Å². The fourth-order valence-corrected chi connectivity index (χ4v) is 2.46. The molecule has 4 nitrogen and oxygen atoms in total. The number of aliphatic hydroxyl groups is 1. The van der Waals surface area contributed by atoms with Crippen molar-refractivity contribution in [3.8, 4) is 0 Å². The fraction of sp³-hybridized carbons (Fsp3) is 0.417. The van der Waals surface area contributed by atoms with Crippen molar-refractivity contribution in [2.45, 2.75) is 19.6 Å². The predicted octanol–water partition coefficient (Wildman–Crippen LogP) is 1.61. The van der Waals surface area contributed by atoms with Crippen LogP contribution < -0.4 is 5.32 Å². The highest BCUT2D eigenvalue weighted by Gasteiger charge is 2.08. The van der Waals surface area contributed by atoms with Crippen molar-refractivity contribution in [2.24, 2.45) is 7.05 Å². The van der Waals surface area contributed by atoms with Crippen LogP contribution in [0.2, 0.25) is 0 Å². The summed E-state index contributed by atoms with van der Waals surface area (Å²) in [6.07, 6.45) is -0.435. The standard InChI is InChI=1S/C12H17N3OS/c1-9-5-11(15(2)14-9)6-13-7-12(16)10-3-4-17-8-10/h3-5,8,12-13,16H,6-7H2,1-2H3. The van der Waals surface area contributed by atoms with Crippen molar-refractivity contribution in [3.05, 3.63) is 39.8 Å². The number of thiophene rings is 1. The van der Waals surface area contributed by atoms with Crippen LogP contribution in [0.25, 0.3) is 0 Å². The number of hydrogen-bond acceptors (Lipinski definition) is 4. The molecule has 0 saturated carbocycles. The van der Waals surface area contributed by atoms with Crippen molar-refractivity contribution in [1.82, 2.24) is 15.1 Å². The minimum atomic E-state index is -0.435. The molecule has 2 heterocycles. The first kappa shape index (κ1) is 12.3. The number of nitrogens with zero attached hydrogens (tertiary/aromatic N) is 2. The molecule has 0 aliphatic heterocycles. The van der Waals surface area contributed by atoms with Gasteiger partial charge in [-0.15, -0.1) is 0 Å². The second-order valence-electron chi connectivity index (χ2n) is 4.10. The number of hydrogen-bond donors (Lipinski definition) is 2.